The molecule has 0 aromatic rings. The Morgan fingerprint density at radius 3 is 1.50 bits per heavy atom. The summed E-state index contributed by atoms with van der Waals surface area (Å²) in [4.78, 5) is 8.93. The summed E-state index contributed by atoms with van der Waals surface area (Å²) in [5.41, 5.74) is 0. The third-order valence-corrected chi connectivity index (χ3v) is 0.548. The van der Waals surface area contributed by atoms with Gasteiger partial charge in [-0.3, -0.25) is 0 Å². The second-order valence-corrected chi connectivity index (χ2v) is 1.80. The van der Waals surface area contributed by atoms with Gasteiger partial charge in [-0.05, 0) is 0 Å². The second kappa shape index (κ2) is 3.36. The van der Waals surface area contributed by atoms with Crippen LogP contribution in [-0.2, 0) is 10.3 Å². The summed E-state index contributed by atoms with van der Waals surface area (Å²) in [5.74, 6) is 0. The van der Waals surface area contributed by atoms with E-state index in [0.717, 1.165) is 0 Å². The van der Waals surface area contributed by atoms with Crippen molar-refractivity contribution in [1.82, 2.24) is 0 Å². The fourth-order valence-corrected chi connectivity index (χ4v) is 0. The molecular formula is NNaO5S. The fraction of sp³-hybridized carbons (Fsp3) is 0. The topological polar surface area (TPSA) is 100 Å². The van der Waals surface area contributed by atoms with Crippen molar-refractivity contribution in [2.45, 2.75) is 0 Å². The summed E-state index contributed by atoms with van der Waals surface area (Å²) in [6, 6.07) is 0. The molecule has 0 saturated heterocycles. The zero-order valence-electron chi connectivity index (χ0n) is 3.90. The van der Waals surface area contributed by atoms with Crippen molar-refractivity contribution >= 4 is 10.3 Å². The smallest absolute Gasteiger partial charge is 0.689 e. The Hall–Kier alpha value is 0.310. The Morgan fingerprint density at radius 2 is 1.50 bits per heavy atom. The monoisotopic (exact) mass is 149 g/mol. The quantitative estimate of drug-likeness (QED) is 0.162. The van der Waals surface area contributed by atoms with Gasteiger partial charge < -0.3 is 4.55 Å². The summed E-state index contributed by atoms with van der Waals surface area (Å²) >= 11 is 0. The van der Waals surface area contributed by atoms with Gasteiger partial charge in [0.05, 0.1) is 0 Å². The van der Waals surface area contributed by atoms with Gasteiger partial charge in [-0.1, -0.05) is 0 Å². The molecule has 0 aliphatic carbocycles. The van der Waals surface area contributed by atoms with E-state index in [1.54, 1.807) is 0 Å². The molecule has 0 aromatic carbocycles. The zero-order valence-corrected chi connectivity index (χ0v) is 6.71. The first-order chi connectivity index (χ1) is 2.94. The molecule has 42 valence electrons. The Morgan fingerprint density at radius 1 is 1.38 bits per heavy atom. The van der Waals surface area contributed by atoms with E-state index >= 15 is 0 Å². The molecule has 0 fully saturated rings. The van der Waals surface area contributed by atoms with Crippen LogP contribution in [-0.4, -0.2) is 17.3 Å². The van der Waals surface area contributed by atoms with Crippen LogP contribution < -0.4 is 29.6 Å². The van der Waals surface area contributed by atoms with Gasteiger partial charge in [0.25, 0.3) is 0 Å². The van der Waals surface area contributed by atoms with Crippen LogP contribution in [0.1, 0.15) is 0 Å². The molecule has 0 saturated carbocycles. The van der Waals surface area contributed by atoms with Gasteiger partial charge in [0, 0.05) is 0 Å². The molecule has 0 amide bonds. The van der Waals surface area contributed by atoms with E-state index in [2.05, 4.69) is 0 Å². The minimum Gasteiger partial charge on any atom is -0.689 e. The Bertz CT molecular complexity index is 167. The van der Waals surface area contributed by atoms with Crippen molar-refractivity contribution in [3.63, 3.8) is 0 Å². The van der Waals surface area contributed by atoms with E-state index in [-0.39, 0.29) is 29.6 Å². The minimum absolute atomic E-state index is 0. The van der Waals surface area contributed by atoms with Crippen molar-refractivity contribution < 1.29 is 46.9 Å². The fourth-order valence-electron chi connectivity index (χ4n) is 0. The Kier molecular flexibility index (Phi) is 4.68. The van der Waals surface area contributed by atoms with Gasteiger partial charge in [-0.15, -0.1) is 0 Å². The number of rotatable bonds is 1. The van der Waals surface area contributed by atoms with Crippen LogP contribution in [0.2, 0.25) is 0 Å². The Labute approximate surface area is 67.2 Å². The van der Waals surface area contributed by atoms with Crippen LogP contribution in [0, 0.1) is 10.1 Å². The first-order valence-electron chi connectivity index (χ1n) is 1.05. The van der Waals surface area contributed by atoms with Crippen molar-refractivity contribution in [1.29, 1.82) is 0 Å². The maximum absolute atomic E-state index is 9.08. The number of hydrogen-bond acceptors (Lipinski definition) is 5. The standard InChI is InChI=1S/HNO5S.Na/c2-1(3)7(4,5)6;/h(H,4,5,6);/q;+1/p-1. The van der Waals surface area contributed by atoms with Crippen LogP contribution in [0.15, 0.2) is 0 Å². The number of hydrogen-bond donors (Lipinski definition) is 0. The van der Waals surface area contributed by atoms with Crippen LogP contribution in [0.3, 0.4) is 0 Å². The van der Waals surface area contributed by atoms with E-state index in [1.807, 2.05) is 0 Å². The molecule has 0 radical (unpaired) electrons. The average molecular weight is 149 g/mol. The molecule has 0 aromatic heterocycles. The maximum atomic E-state index is 9.08. The molecule has 0 heterocycles. The van der Waals surface area contributed by atoms with Crippen molar-refractivity contribution in [3.05, 3.63) is 10.1 Å². The van der Waals surface area contributed by atoms with E-state index in [9.17, 15) is 0 Å². The van der Waals surface area contributed by atoms with Crippen LogP contribution in [0.4, 0.5) is 0 Å². The average Bonchev–Trinajstić information content (AvgIpc) is 1.31. The van der Waals surface area contributed by atoms with Crippen LogP contribution >= 0.6 is 0 Å². The summed E-state index contributed by atoms with van der Waals surface area (Å²) in [5, 5.41) is 8.93. The summed E-state index contributed by atoms with van der Waals surface area (Å²) < 4.78 is 25.3. The van der Waals surface area contributed by atoms with E-state index in [0.29, 0.717) is 0 Å². The molecule has 8 heteroatoms. The maximum Gasteiger partial charge on any atom is 1.00 e. The molecule has 0 spiro atoms. The van der Waals surface area contributed by atoms with Gasteiger partial charge in [-0.2, -0.15) is 8.42 Å². The number of nitro groups is 1. The third kappa shape index (κ3) is 4.47. The SMILES string of the molecule is O=[N+]([O-])S(=O)(=O)[O-].[Na+]. The molecule has 0 aliphatic rings. The zero-order chi connectivity index (χ0) is 6.08. The molecule has 6 nitrogen and oxygen atoms in total. The van der Waals surface area contributed by atoms with Crippen molar-refractivity contribution in [2.24, 2.45) is 0 Å². The van der Waals surface area contributed by atoms with Crippen molar-refractivity contribution in [3.8, 4) is 0 Å². The molecule has 0 rings (SSSR count). The van der Waals surface area contributed by atoms with E-state index in [4.69, 9.17) is 23.1 Å². The van der Waals surface area contributed by atoms with Crippen molar-refractivity contribution in [2.75, 3.05) is 0 Å². The molecule has 8 heavy (non-hydrogen) atoms. The molecule has 0 N–H and O–H groups in total. The molecule has 0 unspecified atom stereocenters. The molecule has 0 aliphatic heterocycles. The molecule has 0 atom stereocenters. The summed E-state index contributed by atoms with van der Waals surface area (Å²) in [6.07, 6.45) is 0. The predicted molar refractivity (Wildman–Crippen MR) is 16.7 cm³/mol. The van der Waals surface area contributed by atoms with E-state index < -0.39 is 14.6 Å². The number of nitrogens with zero attached hydrogens (tertiary/aromatic N) is 1. The van der Waals surface area contributed by atoms with Gasteiger partial charge in [0.2, 0.25) is 0 Å². The first kappa shape index (κ1) is 11.2. The van der Waals surface area contributed by atoms with Gasteiger partial charge in [0.15, 0.2) is 0 Å². The molecule has 0 bridgehead atoms. The predicted octanol–water partition coefficient (Wildman–Crippen LogP) is -4.27. The van der Waals surface area contributed by atoms with Crippen LogP contribution in [0.5, 0.6) is 0 Å². The summed E-state index contributed by atoms with van der Waals surface area (Å²) in [6.45, 7) is 0. The van der Waals surface area contributed by atoms with Gasteiger partial charge in [-0.25, -0.2) is 10.1 Å². The minimum atomic E-state index is -5.27. The van der Waals surface area contributed by atoms with E-state index in [1.165, 1.54) is 0 Å². The van der Waals surface area contributed by atoms with Gasteiger partial charge in [0.1, 0.15) is 4.33 Å². The van der Waals surface area contributed by atoms with Crippen LogP contribution in [0.25, 0.3) is 0 Å². The largest absolute Gasteiger partial charge is 1.00 e. The normalized spacial score (nSPS) is 9.62. The van der Waals surface area contributed by atoms with Gasteiger partial charge >= 0.3 is 39.9 Å². The first-order valence-corrected chi connectivity index (χ1v) is 2.41. The second-order valence-electron chi connectivity index (χ2n) is 0.651. The third-order valence-electron chi connectivity index (χ3n) is 0.183. The molecular weight excluding hydrogens is 149 g/mol. The Balaban J connectivity index is 0. The summed E-state index contributed by atoms with van der Waals surface area (Å²) in [7, 11) is -5.27.